The summed E-state index contributed by atoms with van der Waals surface area (Å²) in [6, 6.07) is 8.97. The number of rotatable bonds is 4. The van der Waals surface area contributed by atoms with E-state index in [0.717, 1.165) is 23.9 Å². The molecule has 0 spiro atoms. The lowest BCUT2D eigenvalue weighted by atomic mass is 10.2. The van der Waals surface area contributed by atoms with E-state index in [-0.39, 0.29) is 12.1 Å². The predicted molar refractivity (Wildman–Crippen MR) is 77.6 cm³/mol. The average Bonchev–Trinajstić information content (AvgIpc) is 2.51. The Balaban J connectivity index is 1.90. The van der Waals surface area contributed by atoms with E-state index in [2.05, 4.69) is 20.6 Å². The molecule has 0 atom stereocenters. The van der Waals surface area contributed by atoms with Gasteiger partial charge in [0.25, 0.3) is 0 Å². The van der Waals surface area contributed by atoms with Crippen LogP contribution in [0.2, 0.25) is 0 Å². The van der Waals surface area contributed by atoms with Crippen LogP contribution in [0.1, 0.15) is 11.3 Å². The fourth-order valence-corrected chi connectivity index (χ4v) is 1.76. The number of guanidine groups is 1. The third-order valence-corrected chi connectivity index (χ3v) is 2.84. The van der Waals surface area contributed by atoms with Crippen LogP contribution in [0.25, 0.3) is 0 Å². The van der Waals surface area contributed by atoms with Crippen molar-refractivity contribution >= 4 is 5.96 Å². The van der Waals surface area contributed by atoms with E-state index in [0.29, 0.717) is 12.5 Å². The molecule has 4 nitrogen and oxygen atoms in total. The summed E-state index contributed by atoms with van der Waals surface area (Å²) in [6.45, 7) is 0.637. The van der Waals surface area contributed by atoms with Gasteiger partial charge in [0.05, 0.1) is 12.2 Å². The van der Waals surface area contributed by atoms with Gasteiger partial charge < -0.3 is 10.6 Å². The highest BCUT2D eigenvalue weighted by atomic mass is 19.1. The lowest BCUT2D eigenvalue weighted by Crippen LogP contribution is -2.36. The molecule has 0 amide bonds. The minimum atomic E-state index is -0.468. The first-order valence-corrected chi connectivity index (χ1v) is 6.47. The van der Waals surface area contributed by atoms with Crippen LogP contribution in [0.4, 0.5) is 8.78 Å². The first-order valence-electron chi connectivity index (χ1n) is 6.47. The van der Waals surface area contributed by atoms with Crippen LogP contribution in [-0.2, 0) is 13.1 Å². The first-order chi connectivity index (χ1) is 10.2. The normalized spacial score (nSPS) is 11.3. The van der Waals surface area contributed by atoms with Gasteiger partial charge in [-0.05, 0) is 30.3 Å². The van der Waals surface area contributed by atoms with Crippen LogP contribution in [0.5, 0.6) is 0 Å². The van der Waals surface area contributed by atoms with Gasteiger partial charge in [-0.1, -0.05) is 6.07 Å². The van der Waals surface area contributed by atoms with Crippen LogP contribution in [-0.4, -0.2) is 18.0 Å². The molecule has 110 valence electrons. The summed E-state index contributed by atoms with van der Waals surface area (Å²) in [4.78, 5) is 8.19. The van der Waals surface area contributed by atoms with Gasteiger partial charge >= 0.3 is 0 Å². The molecule has 0 aliphatic heterocycles. The van der Waals surface area contributed by atoms with Crippen molar-refractivity contribution in [3.8, 4) is 0 Å². The number of hydrogen-bond donors (Lipinski definition) is 2. The van der Waals surface area contributed by atoms with Crippen LogP contribution in [0, 0.1) is 11.6 Å². The van der Waals surface area contributed by atoms with Crippen molar-refractivity contribution in [2.45, 2.75) is 13.1 Å². The van der Waals surface area contributed by atoms with Gasteiger partial charge in [-0.3, -0.25) is 9.98 Å². The zero-order valence-corrected chi connectivity index (χ0v) is 11.6. The fraction of sp³-hybridized carbons (Fsp3) is 0.200. The molecule has 1 aromatic heterocycles. The van der Waals surface area contributed by atoms with E-state index in [1.54, 1.807) is 13.2 Å². The second-order valence-electron chi connectivity index (χ2n) is 4.34. The summed E-state index contributed by atoms with van der Waals surface area (Å²) in [5, 5.41) is 5.98. The van der Waals surface area contributed by atoms with Crippen molar-refractivity contribution in [1.29, 1.82) is 0 Å². The topological polar surface area (TPSA) is 49.3 Å². The number of aliphatic imine (C=N–C) groups is 1. The number of hydrogen-bond acceptors (Lipinski definition) is 2. The lowest BCUT2D eigenvalue weighted by Gasteiger charge is -2.12. The highest BCUT2D eigenvalue weighted by Gasteiger charge is 2.05. The number of aromatic nitrogens is 1. The molecule has 0 radical (unpaired) electrons. The first kappa shape index (κ1) is 14.9. The van der Waals surface area contributed by atoms with Crippen molar-refractivity contribution in [1.82, 2.24) is 15.6 Å². The monoisotopic (exact) mass is 290 g/mol. The molecule has 2 N–H and O–H groups in total. The molecule has 2 rings (SSSR count). The fourth-order valence-electron chi connectivity index (χ4n) is 1.76. The van der Waals surface area contributed by atoms with Crippen LogP contribution >= 0.6 is 0 Å². The summed E-state index contributed by atoms with van der Waals surface area (Å²) in [5.41, 5.74) is 1.10. The number of pyridine rings is 1. The average molecular weight is 290 g/mol. The molecule has 0 unspecified atom stereocenters. The maximum absolute atomic E-state index is 13.5. The quantitative estimate of drug-likeness (QED) is 0.670. The Morgan fingerprint density at radius 2 is 1.95 bits per heavy atom. The van der Waals surface area contributed by atoms with Gasteiger partial charge in [-0.25, -0.2) is 8.78 Å². The molecule has 6 heteroatoms. The van der Waals surface area contributed by atoms with E-state index in [1.807, 2.05) is 18.2 Å². The highest BCUT2D eigenvalue weighted by Crippen LogP contribution is 2.09. The van der Waals surface area contributed by atoms with Gasteiger partial charge in [-0.15, -0.1) is 0 Å². The van der Waals surface area contributed by atoms with Crippen molar-refractivity contribution < 1.29 is 8.78 Å². The molecule has 0 bridgehead atoms. The zero-order chi connectivity index (χ0) is 15.1. The molecule has 0 saturated carbocycles. The van der Waals surface area contributed by atoms with Crippen molar-refractivity contribution in [3.63, 3.8) is 0 Å². The standard InChI is InChI=1S/C15H16F2N4/c1-18-15(21-10-13-4-2-3-7-19-13)20-9-11-8-12(16)5-6-14(11)17/h2-8H,9-10H2,1H3,(H2,18,20,21). The van der Waals surface area contributed by atoms with Crippen molar-refractivity contribution in [3.05, 3.63) is 65.5 Å². The molecule has 0 saturated heterocycles. The molecule has 1 aromatic carbocycles. The second-order valence-corrected chi connectivity index (χ2v) is 4.34. The van der Waals surface area contributed by atoms with E-state index in [1.165, 1.54) is 0 Å². The Bertz CT molecular complexity index is 614. The molecular formula is C15H16F2N4. The second kappa shape index (κ2) is 7.33. The predicted octanol–water partition coefficient (Wildman–Crippen LogP) is 2.22. The minimum absolute atomic E-state index is 0.144. The van der Waals surface area contributed by atoms with Crippen molar-refractivity contribution in [2.75, 3.05) is 7.05 Å². The van der Waals surface area contributed by atoms with E-state index in [4.69, 9.17) is 0 Å². The summed E-state index contributed by atoms with van der Waals surface area (Å²) in [6.07, 6.45) is 1.70. The van der Waals surface area contributed by atoms with Gasteiger partial charge in [0, 0.05) is 25.4 Å². The van der Waals surface area contributed by atoms with Crippen LogP contribution in [0.15, 0.2) is 47.6 Å². The van der Waals surface area contributed by atoms with Gasteiger partial charge in [0.2, 0.25) is 0 Å². The highest BCUT2D eigenvalue weighted by molar-refractivity contribution is 5.79. The zero-order valence-electron chi connectivity index (χ0n) is 11.6. The Labute approximate surface area is 121 Å². The number of nitrogens with one attached hydrogen (secondary N) is 2. The Morgan fingerprint density at radius 3 is 2.67 bits per heavy atom. The third kappa shape index (κ3) is 4.52. The maximum atomic E-state index is 13.5. The SMILES string of the molecule is CN=C(NCc1ccccn1)NCc1cc(F)ccc1F. The lowest BCUT2D eigenvalue weighted by molar-refractivity contribution is 0.581. The van der Waals surface area contributed by atoms with Gasteiger partial charge in [-0.2, -0.15) is 0 Å². The largest absolute Gasteiger partial charge is 0.352 e. The van der Waals surface area contributed by atoms with Crippen molar-refractivity contribution in [2.24, 2.45) is 4.99 Å². The minimum Gasteiger partial charge on any atom is -0.352 e. The van der Waals surface area contributed by atoms with E-state index >= 15 is 0 Å². The Morgan fingerprint density at radius 1 is 1.14 bits per heavy atom. The molecule has 21 heavy (non-hydrogen) atoms. The number of nitrogens with zero attached hydrogens (tertiary/aromatic N) is 2. The molecule has 0 aliphatic carbocycles. The molecule has 0 aliphatic rings. The molecular weight excluding hydrogens is 274 g/mol. The summed E-state index contributed by atoms with van der Waals surface area (Å²) < 4.78 is 26.6. The third-order valence-electron chi connectivity index (χ3n) is 2.84. The van der Waals surface area contributed by atoms with Gasteiger partial charge in [0.1, 0.15) is 11.6 Å². The summed E-state index contributed by atoms with van der Waals surface area (Å²) in [5.74, 6) is -0.432. The smallest absolute Gasteiger partial charge is 0.191 e. The molecule has 2 aromatic rings. The molecule has 1 heterocycles. The maximum Gasteiger partial charge on any atom is 0.191 e. The Hall–Kier alpha value is -2.50. The number of benzene rings is 1. The van der Waals surface area contributed by atoms with Crippen LogP contribution < -0.4 is 10.6 Å². The van der Waals surface area contributed by atoms with Crippen LogP contribution in [0.3, 0.4) is 0 Å². The summed E-state index contributed by atoms with van der Waals surface area (Å²) >= 11 is 0. The van der Waals surface area contributed by atoms with E-state index < -0.39 is 11.6 Å². The molecule has 0 fully saturated rings. The van der Waals surface area contributed by atoms with Gasteiger partial charge in [0.15, 0.2) is 5.96 Å². The Kier molecular flexibility index (Phi) is 5.20. The summed E-state index contributed by atoms with van der Waals surface area (Å²) in [7, 11) is 1.61. The van der Waals surface area contributed by atoms with E-state index in [9.17, 15) is 8.78 Å². The number of halogens is 2.